The summed E-state index contributed by atoms with van der Waals surface area (Å²) in [5, 5.41) is 11.7. The first-order valence-corrected chi connectivity index (χ1v) is 12.5. The van der Waals surface area contributed by atoms with Gasteiger partial charge in [0.2, 0.25) is 0 Å². The fourth-order valence-electron chi connectivity index (χ4n) is 4.85. The van der Waals surface area contributed by atoms with Crippen molar-refractivity contribution in [2.24, 2.45) is 0 Å². The molecule has 7 nitrogen and oxygen atoms in total. The van der Waals surface area contributed by atoms with Gasteiger partial charge in [0.15, 0.2) is 5.13 Å². The molecule has 0 aliphatic carbocycles. The van der Waals surface area contributed by atoms with Crippen molar-refractivity contribution in [1.82, 2.24) is 4.98 Å². The first-order chi connectivity index (χ1) is 17.8. The van der Waals surface area contributed by atoms with Crippen molar-refractivity contribution in [3.63, 3.8) is 0 Å². The van der Waals surface area contributed by atoms with Crippen LogP contribution in [0.15, 0.2) is 66.2 Å². The zero-order valence-corrected chi connectivity index (χ0v) is 20.7. The third kappa shape index (κ3) is 3.82. The molecule has 1 amide bonds. The number of aromatic nitrogens is 1. The number of ether oxygens (including phenoxy) is 2. The highest BCUT2D eigenvalue weighted by molar-refractivity contribution is 7.22. The number of rotatable bonds is 4. The average Bonchev–Trinajstić information content (AvgIpc) is 3.55. The Labute approximate surface area is 215 Å². The van der Waals surface area contributed by atoms with Crippen molar-refractivity contribution in [2.45, 2.75) is 25.5 Å². The monoisotopic (exact) mass is 516 g/mol. The van der Waals surface area contributed by atoms with Gasteiger partial charge in [0.05, 0.1) is 28.9 Å². The summed E-state index contributed by atoms with van der Waals surface area (Å²) in [6, 6.07) is 15.3. The molecule has 3 heterocycles. The standard InChI is InChI=1S/C28H21FN2O5S/c1-14-11-17-12-16(5-10-21(17)36-14)25(32)23-24(15-3-7-19(35-2)8-4-15)31(27(34)26(23)33)28-30-20-9-6-18(29)13-22(20)37-28/h3-10,12-14,24,32H,11H2,1-2H3/t14-,24-/m0/s1. The van der Waals surface area contributed by atoms with Crippen LogP contribution < -0.4 is 14.4 Å². The molecule has 0 saturated carbocycles. The largest absolute Gasteiger partial charge is 0.507 e. The van der Waals surface area contributed by atoms with Crippen molar-refractivity contribution >= 4 is 44.1 Å². The normalized spacial score (nSPS) is 20.4. The summed E-state index contributed by atoms with van der Waals surface area (Å²) in [5.74, 6) is -1.02. The Bertz CT molecular complexity index is 1610. The number of methoxy groups -OCH3 is 1. The van der Waals surface area contributed by atoms with Gasteiger partial charge in [-0.15, -0.1) is 0 Å². The Morgan fingerprint density at radius 3 is 2.68 bits per heavy atom. The van der Waals surface area contributed by atoms with Crippen LogP contribution in [0.1, 0.15) is 29.7 Å². The van der Waals surface area contributed by atoms with Gasteiger partial charge in [-0.3, -0.25) is 14.5 Å². The summed E-state index contributed by atoms with van der Waals surface area (Å²) in [4.78, 5) is 32.6. The first kappa shape index (κ1) is 23.2. The number of hydrogen-bond acceptors (Lipinski definition) is 7. The smallest absolute Gasteiger partial charge is 0.301 e. The van der Waals surface area contributed by atoms with E-state index in [1.807, 2.05) is 6.92 Å². The predicted molar refractivity (Wildman–Crippen MR) is 138 cm³/mol. The minimum absolute atomic E-state index is 0.0150. The van der Waals surface area contributed by atoms with Crippen LogP contribution in [0.5, 0.6) is 11.5 Å². The number of aliphatic hydroxyl groups excluding tert-OH is 1. The second-order valence-corrected chi connectivity index (χ2v) is 10.0. The third-order valence-electron chi connectivity index (χ3n) is 6.59. The van der Waals surface area contributed by atoms with E-state index < -0.39 is 23.5 Å². The van der Waals surface area contributed by atoms with Gasteiger partial charge in [-0.2, -0.15) is 0 Å². The van der Waals surface area contributed by atoms with Crippen LogP contribution in [0.2, 0.25) is 0 Å². The number of benzene rings is 3. The van der Waals surface area contributed by atoms with Crippen LogP contribution in [-0.4, -0.2) is 35.0 Å². The fraction of sp³-hybridized carbons (Fsp3) is 0.179. The molecule has 1 aromatic heterocycles. The maximum atomic E-state index is 13.8. The van der Waals surface area contributed by atoms with Crippen molar-refractivity contribution in [1.29, 1.82) is 0 Å². The Hall–Kier alpha value is -4.24. The van der Waals surface area contributed by atoms with Gasteiger partial charge in [0, 0.05) is 12.0 Å². The highest BCUT2D eigenvalue weighted by atomic mass is 32.1. The van der Waals surface area contributed by atoms with E-state index in [-0.39, 0.29) is 22.6 Å². The summed E-state index contributed by atoms with van der Waals surface area (Å²) in [7, 11) is 1.54. The molecule has 2 atom stereocenters. The Kier molecular flexibility index (Phi) is 5.45. The number of ketones is 1. The number of hydrogen-bond donors (Lipinski definition) is 1. The highest BCUT2D eigenvalue weighted by Gasteiger charge is 2.48. The lowest BCUT2D eigenvalue weighted by Crippen LogP contribution is -2.29. The minimum Gasteiger partial charge on any atom is -0.507 e. The molecule has 4 aromatic rings. The zero-order valence-electron chi connectivity index (χ0n) is 19.9. The molecule has 37 heavy (non-hydrogen) atoms. The van der Waals surface area contributed by atoms with E-state index in [0.29, 0.717) is 33.5 Å². The number of fused-ring (bicyclic) bond motifs is 2. The van der Waals surface area contributed by atoms with Crippen LogP contribution in [0, 0.1) is 5.82 Å². The van der Waals surface area contributed by atoms with Crippen LogP contribution in [-0.2, 0) is 16.0 Å². The van der Waals surface area contributed by atoms with Crippen molar-refractivity contribution in [2.75, 3.05) is 12.0 Å². The van der Waals surface area contributed by atoms with Gasteiger partial charge in [-0.05, 0) is 66.6 Å². The van der Waals surface area contributed by atoms with Crippen LogP contribution >= 0.6 is 11.3 Å². The number of carbonyl (C=O) groups is 2. The number of Topliss-reactive ketones (excluding diaryl/α,β-unsaturated/α-hetero) is 1. The van der Waals surface area contributed by atoms with Crippen molar-refractivity contribution in [3.05, 3.63) is 88.7 Å². The summed E-state index contributed by atoms with van der Waals surface area (Å²) in [6.07, 6.45) is 0.691. The molecule has 2 aliphatic heterocycles. The quantitative estimate of drug-likeness (QED) is 0.222. The second-order valence-electron chi connectivity index (χ2n) is 9.01. The molecule has 1 saturated heterocycles. The average molecular weight is 517 g/mol. The Morgan fingerprint density at radius 1 is 1.14 bits per heavy atom. The summed E-state index contributed by atoms with van der Waals surface area (Å²) >= 11 is 1.10. The molecule has 186 valence electrons. The predicted octanol–water partition coefficient (Wildman–Crippen LogP) is 5.39. The van der Waals surface area contributed by atoms with E-state index in [2.05, 4.69) is 4.98 Å². The number of thiazole rings is 1. The Morgan fingerprint density at radius 2 is 1.92 bits per heavy atom. The highest BCUT2D eigenvalue weighted by Crippen LogP contribution is 2.45. The molecule has 1 N–H and O–H groups in total. The number of halogens is 1. The minimum atomic E-state index is -0.945. The zero-order chi connectivity index (χ0) is 25.8. The number of amides is 1. The Balaban J connectivity index is 1.53. The lowest BCUT2D eigenvalue weighted by atomic mass is 9.94. The molecule has 3 aromatic carbocycles. The van der Waals surface area contributed by atoms with Crippen LogP contribution in [0.3, 0.4) is 0 Å². The SMILES string of the molecule is COc1ccc([C@H]2C(=C(O)c3ccc4c(c3)C[C@H](C)O4)C(=O)C(=O)N2c2nc3ccc(F)cc3s2)cc1. The molecule has 1 fully saturated rings. The van der Waals surface area contributed by atoms with E-state index in [1.165, 1.54) is 23.1 Å². The molecular weight excluding hydrogens is 495 g/mol. The number of carbonyl (C=O) groups excluding carboxylic acids is 2. The van der Waals surface area contributed by atoms with E-state index in [1.54, 1.807) is 49.6 Å². The number of anilines is 1. The summed E-state index contributed by atoms with van der Waals surface area (Å²) < 4.78 is 25.4. The van der Waals surface area contributed by atoms with E-state index in [9.17, 15) is 19.1 Å². The van der Waals surface area contributed by atoms with Gasteiger partial charge in [0.25, 0.3) is 5.78 Å². The molecule has 2 aliphatic rings. The molecule has 0 bridgehead atoms. The van der Waals surface area contributed by atoms with Gasteiger partial charge in [-0.25, -0.2) is 9.37 Å². The lowest BCUT2D eigenvalue weighted by molar-refractivity contribution is -0.132. The van der Waals surface area contributed by atoms with Gasteiger partial charge < -0.3 is 14.6 Å². The lowest BCUT2D eigenvalue weighted by Gasteiger charge is -2.23. The molecule has 0 unspecified atom stereocenters. The van der Waals surface area contributed by atoms with Crippen LogP contribution in [0.25, 0.3) is 16.0 Å². The topological polar surface area (TPSA) is 89.0 Å². The second kappa shape index (κ2) is 8.70. The summed E-state index contributed by atoms with van der Waals surface area (Å²) in [5.41, 5.74) is 2.38. The number of aliphatic hydroxyl groups is 1. The first-order valence-electron chi connectivity index (χ1n) is 11.6. The van der Waals surface area contributed by atoms with Crippen molar-refractivity contribution in [3.8, 4) is 11.5 Å². The maximum absolute atomic E-state index is 13.8. The fourth-order valence-corrected chi connectivity index (χ4v) is 5.86. The van der Waals surface area contributed by atoms with Crippen molar-refractivity contribution < 1.29 is 28.6 Å². The van der Waals surface area contributed by atoms with Gasteiger partial charge in [0.1, 0.15) is 29.2 Å². The number of nitrogens with zero attached hydrogens (tertiary/aromatic N) is 2. The van der Waals surface area contributed by atoms with E-state index >= 15 is 0 Å². The molecule has 0 radical (unpaired) electrons. The molecular formula is C28H21FN2O5S. The third-order valence-corrected chi connectivity index (χ3v) is 7.61. The maximum Gasteiger partial charge on any atom is 0.301 e. The van der Waals surface area contributed by atoms with Crippen LogP contribution in [0.4, 0.5) is 9.52 Å². The molecule has 0 spiro atoms. The van der Waals surface area contributed by atoms with E-state index in [0.717, 1.165) is 22.6 Å². The molecule has 9 heteroatoms. The van der Waals surface area contributed by atoms with Gasteiger partial charge >= 0.3 is 5.91 Å². The van der Waals surface area contributed by atoms with Gasteiger partial charge in [-0.1, -0.05) is 23.5 Å². The van der Waals surface area contributed by atoms with E-state index in [4.69, 9.17) is 9.47 Å². The molecule has 6 rings (SSSR count). The summed E-state index contributed by atoms with van der Waals surface area (Å²) in [6.45, 7) is 1.96.